The maximum Gasteiger partial charge on any atom is 0.319 e. The summed E-state index contributed by atoms with van der Waals surface area (Å²) in [6.07, 6.45) is 7.26. The summed E-state index contributed by atoms with van der Waals surface area (Å²) in [5, 5.41) is 6.43. The molecule has 5 nitrogen and oxygen atoms in total. The second-order valence-corrected chi connectivity index (χ2v) is 5.26. The van der Waals surface area contributed by atoms with Gasteiger partial charge in [0.1, 0.15) is 12.4 Å². The van der Waals surface area contributed by atoms with Crippen molar-refractivity contribution in [3.63, 3.8) is 0 Å². The van der Waals surface area contributed by atoms with E-state index >= 15 is 0 Å². The van der Waals surface area contributed by atoms with E-state index in [0.717, 1.165) is 17.5 Å². The molecule has 0 radical (unpaired) electrons. The molecule has 2 N–H and O–H groups in total. The standard InChI is InChI=1S/C15H27F2N5/c1-4-6-7-8-12(3)21-15(18-5-2)20-11-13-19-9-10-22(13)14(16)17/h9-10,12,14H,4-8,11H2,1-3H3,(H2,18,20,21). The lowest BCUT2D eigenvalue weighted by Gasteiger charge is -2.17. The van der Waals surface area contributed by atoms with E-state index in [1.807, 2.05) is 6.92 Å². The SMILES string of the molecule is CCCCCC(C)NC(=NCc1nccn1C(F)F)NCC. The van der Waals surface area contributed by atoms with Crippen LogP contribution in [0.25, 0.3) is 0 Å². The third-order valence-corrected chi connectivity index (χ3v) is 3.31. The highest BCUT2D eigenvalue weighted by Crippen LogP contribution is 2.12. The number of rotatable bonds is 9. The van der Waals surface area contributed by atoms with Gasteiger partial charge in [-0.25, -0.2) is 9.98 Å². The van der Waals surface area contributed by atoms with Gasteiger partial charge in [-0.15, -0.1) is 0 Å². The van der Waals surface area contributed by atoms with Crippen molar-refractivity contribution in [3.05, 3.63) is 18.2 Å². The number of imidazole rings is 1. The predicted molar refractivity (Wildman–Crippen MR) is 85.0 cm³/mol. The van der Waals surface area contributed by atoms with E-state index in [1.54, 1.807) is 0 Å². The van der Waals surface area contributed by atoms with Gasteiger partial charge >= 0.3 is 6.55 Å². The number of nitrogens with one attached hydrogen (secondary N) is 2. The Morgan fingerprint density at radius 3 is 2.77 bits per heavy atom. The zero-order valence-corrected chi connectivity index (χ0v) is 13.6. The van der Waals surface area contributed by atoms with E-state index in [-0.39, 0.29) is 12.4 Å². The van der Waals surface area contributed by atoms with Crippen molar-refractivity contribution in [1.29, 1.82) is 0 Å². The molecule has 0 amide bonds. The van der Waals surface area contributed by atoms with Gasteiger partial charge in [-0.2, -0.15) is 8.78 Å². The Morgan fingerprint density at radius 1 is 1.36 bits per heavy atom. The Hall–Kier alpha value is -1.66. The maximum absolute atomic E-state index is 12.8. The summed E-state index contributed by atoms with van der Waals surface area (Å²) in [7, 11) is 0. The van der Waals surface area contributed by atoms with E-state index in [2.05, 4.69) is 34.5 Å². The van der Waals surface area contributed by atoms with Crippen molar-refractivity contribution in [3.8, 4) is 0 Å². The molecular weight excluding hydrogens is 288 g/mol. The van der Waals surface area contributed by atoms with Gasteiger partial charge < -0.3 is 10.6 Å². The van der Waals surface area contributed by atoms with Crippen molar-refractivity contribution < 1.29 is 8.78 Å². The molecule has 1 atom stereocenters. The fourth-order valence-electron chi connectivity index (χ4n) is 2.12. The largest absolute Gasteiger partial charge is 0.357 e. The summed E-state index contributed by atoms with van der Waals surface area (Å²) in [5.74, 6) is 0.890. The van der Waals surface area contributed by atoms with Crippen molar-refractivity contribution in [2.45, 2.75) is 65.6 Å². The van der Waals surface area contributed by atoms with Gasteiger partial charge in [-0.1, -0.05) is 26.2 Å². The number of nitrogens with zero attached hydrogens (tertiary/aromatic N) is 3. The van der Waals surface area contributed by atoms with Crippen LogP contribution in [-0.2, 0) is 6.54 Å². The Labute approximate surface area is 131 Å². The zero-order valence-electron chi connectivity index (χ0n) is 13.6. The molecule has 0 spiro atoms. The van der Waals surface area contributed by atoms with E-state index < -0.39 is 6.55 Å². The van der Waals surface area contributed by atoms with Crippen LogP contribution in [0.15, 0.2) is 17.4 Å². The average Bonchev–Trinajstić information content (AvgIpc) is 2.94. The van der Waals surface area contributed by atoms with Crippen LogP contribution < -0.4 is 10.6 Å². The highest BCUT2D eigenvalue weighted by Gasteiger charge is 2.11. The fraction of sp³-hybridized carbons (Fsp3) is 0.733. The second-order valence-electron chi connectivity index (χ2n) is 5.26. The van der Waals surface area contributed by atoms with Crippen LogP contribution in [-0.4, -0.2) is 28.1 Å². The number of halogens is 2. The number of unbranched alkanes of at least 4 members (excludes halogenated alkanes) is 2. The molecule has 126 valence electrons. The molecule has 1 aromatic rings. The van der Waals surface area contributed by atoms with Gasteiger partial charge in [0.2, 0.25) is 0 Å². The van der Waals surface area contributed by atoms with Gasteiger partial charge in [0, 0.05) is 25.0 Å². The van der Waals surface area contributed by atoms with Crippen molar-refractivity contribution in [2.24, 2.45) is 4.99 Å². The number of aromatic nitrogens is 2. The minimum absolute atomic E-state index is 0.119. The minimum atomic E-state index is -2.59. The molecule has 1 aromatic heterocycles. The number of aliphatic imine (C=N–C) groups is 1. The fourth-order valence-corrected chi connectivity index (χ4v) is 2.12. The molecule has 0 fully saturated rings. The van der Waals surface area contributed by atoms with Gasteiger partial charge in [-0.3, -0.25) is 4.57 Å². The van der Waals surface area contributed by atoms with Crippen molar-refractivity contribution in [2.75, 3.05) is 6.54 Å². The van der Waals surface area contributed by atoms with Crippen LogP contribution in [0.5, 0.6) is 0 Å². The summed E-state index contributed by atoms with van der Waals surface area (Å²) in [4.78, 5) is 8.27. The average molecular weight is 315 g/mol. The predicted octanol–water partition coefficient (Wildman–Crippen LogP) is 3.30. The minimum Gasteiger partial charge on any atom is -0.357 e. The lowest BCUT2D eigenvalue weighted by molar-refractivity contribution is 0.0671. The molecule has 0 saturated carbocycles. The first-order valence-corrected chi connectivity index (χ1v) is 7.93. The summed E-state index contributed by atoms with van der Waals surface area (Å²) >= 11 is 0. The smallest absolute Gasteiger partial charge is 0.319 e. The summed E-state index contributed by atoms with van der Waals surface area (Å²) in [6.45, 7) is 4.50. The first-order chi connectivity index (χ1) is 10.6. The molecule has 1 unspecified atom stereocenters. The van der Waals surface area contributed by atoms with Gasteiger partial charge in [0.05, 0.1) is 0 Å². The van der Waals surface area contributed by atoms with Crippen molar-refractivity contribution >= 4 is 5.96 Å². The highest BCUT2D eigenvalue weighted by molar-refractivity contribution is 5.79. The van der Waals surface area contributed by atoms with Gasteiger partial charge in [-0.05, 0) is 20.3 Å². The molecule has 0 saturated heterocycles. The van der Waals surface area contributed by atoms with Gasteiger partial charge in [0.15, 0.2) is 5.96 Å². The topological polar surface area (TPSA) is 54.2 Å². The first kappa shape index (κ1) is 18.4. The van der Waals surface area contributed by atoms with Crippen LogP contribution in [0, 0.1) is 0 Å². The van der Waals surface area contributed by atoms with Gasteiger partial charge in [0.25, 0.3) is 0 Å². The number of hydrogen-bond acceptors (Lipinski definition) is 2. The Bertz CT molecular complexity index is 445. The quantitative estimate of drug-likeness (QED) is 0.418. The number of hydrogen-bond donors (Lipinski definition) is 2. The maximum atomic E-state index is 12.8. The molecule has 7 heteroatoms. The summed E-state index contributed by atoms with van der Waals surface area (Å²) in [5.41, 5.74) is 0. The third kappa shape index (κ3) is 6.41. The second kappa shape index (κ2) is 10.1. The lowest BCUT2D eigenvalue weighted by Crippen LogP contribution is -2.42. The summed E-state index contributed by atoms with van der Waals surface area (Å²) in [6, 6.07) is 0.291. The monoisotopic (exact) mass is 315 g/mol. The Kier molecular flexibility index (Phi) is 8.47. The van der Waals surface area contributed by atoms with Crippen LogP contribution in [0.3, 0.4) is 0 Å². The molecule has 0 aliphatic carbocycles. The molecular formula is C15H27F2N5. The van der Waals surface area contributed by atoms with E-state index in [1.165, 1.54) is 31.7 Å². The van der Waals surface area contributed by atoms with Crippen LogP contribution >= 0.6 is 0 Å². The molecule has 1 rings (SSSR count). The Morgan fingerprint density at radius 2 is 2.14 bits per heavy atom. The molecule has 1 heterocycles. The third-order valence-electron chi connectivity index (χ3n) is 3.31. The van der Waals surface area contributed by atoms with E-state index in [9.17, 15) is 8.78 Å². The summed E-state index contributed by atoms with van der Waals surface area (Å²) < 4.78 is 26.4. The number of guanidine groups is 1. The first-order valence-electron chi connectivity index (χ1n) is 7.93. The van der Waals surface area contributed by atoms with Crippen LogP contribution in [0.1, 0.15) is 58.8 Å². The van der Waals surface area contributed by atoms with Crippen LogP contribution in [0.4, 0.5) is 8.78 Å². The zero-order chi connectivity index (χ0) is 16.4. The molecule has 0 aromatic carbocycles. The lowest BCUT2D eigenvalue weighted by atomic mass is 10.1. The highest BCUT2D eigenvalue weighted by atomic mass is 19.3. The van der Waals surface area contributed by atoms with E-state index in [0.29, 0.717) is 12.0 Å². The normalized spacial score (nSPS) is 13.5. The van der Waals surface area contributed by atoms with E-state index in [4.69, 9.17) is 0 Å². The molecule has 22 heavy (non-hydrogen) atoms. The van der Waals surface area contributed by atoms with Crippen molar-refractivity contribution in [1.82, 2.24) is 20.2 Å². The molecule has 0 aliphatic heterocycles. The number of alkyl halides is 2. The molecule has 0 bridgehead atoms. The van der Waals surface area contributed by atoms with Crippen LogP contribution in [0.2, 0.25) is 0 Å². The Balaban J connectivity index is 2.59. The molecule has 0 aliphatic rings.